The smallest absolute Gasteiger partial charge is 0.302 e. The number of nitrogens with zero attached hydrogens (tertiary/aromatic N) is 3. The molecule has 3 rings (SSSR count). The minimum atomic E-state index is -0.234. The number of hydrogen-bond acceptors (Lipinski definition) is 4. The summed E-state index contributed by atoms with van der Waals surface area (Å²) < 4.78 is 8.70. The Morgan fingerprint density at radius 1 is 1.25 bits per heavy atom. The van der Waals surface area contributed by atoms with Crippen LogP contribution in [0, 0.1) is 0 Å². The molecule has 1 aromatic carbocycles. The number of fused-ring (bicyclic) bond motifs is 1. The maximum Gasteiger partial charge on any atom is 0.302 e. The summed E-state index contributed by atoms with van der Waals surface area (Å²) in [7, 11) is 3.42. The van der Waals surface area contributed by atoms with Gasteiger partial charge in [-0.1, -0.05) is 0 Å². The SMILES string of the molecule is Cn1cccc(Oc2nc3ccc(O)cc3n2C)c1=O. The number of phenols is 1. The molecule has 2 aromatic heterocycles. The molecule has 0 aliphatic heterocycles. The molecule has 1 N–H and O–H groups in total. The molecule has 20 heavy (non-hydrogen) atoms. The van der Waals surface area contributed by atoms with E-state index in [4.69, 9.17) is 4.74 Å². The number of hydrogen-bond donors (Lipinski definition) is 1. The Morgan fingerprint density at radius 3 is 2.85 bits per heavy atom. The highest BCUT2D eigenvalue weighted by atomic mass is 16.5. The standard InChI is InChI=1S/C14H13N3O3/c1-16-7-3-4-12(13(16)19)20-14-15-10-6-5-9(18)8-11(10)17(14)2/h3-8,18H,1-2H3. The first-order valence-corrected chi connectivity index (χ1v) is 6.05. The van der Waals surface area contributed by atoms with E-state index in [1.54, 1.807) is 55.2 Å². The van der Waals surface area contributed by atoms with Gasteiger partial charge in [0.25, 0.3) is 5.56 Å². The van der Waals surface area contributed by atoms with Crippen LogP contribution in [0.3, 0.4) is 0 Å². The van der Waals surface area contributed by atoms with Crippen molar-refractivity contribution in [2.24, 2.45) is 14.1 Å². The minimum absolute atomic E-state index is 0.155. The van der Waals surface area contributed by atoms with Gasteiger partial charge in [0, 0.05) is 26.4 Å². The molecule has 0 saturated carbocycles. The van der Waals surface area contributed by atoms with Gasteiger partial charge in [0.05, 0.1) is 11.0 Å². The molecular weight excluding hydrogens is 258 g/mol. The fraction of sp³-hybridized carbons (Fsp3) is 0.143. The summed E-state index contributed by atoms with van der Waals surface area (Å²) in [5.74, 6) is 0.361. The van der Waals surface area contributed by atoms with Crippen molar-refractivity contribution in [2.45, 2.75) is 0 Å². The van der Waals surface area contributed by atoms with Crippen molar-refractivity contribution in [3.05, 3.63) is 46.9 Å². The van der Waals surface area contributed by atoms with Crippen molar-refractivity contribution in [1.29, 1.82) is 0 Å². The van der Waals surface area contributed by atoms with E-state index in [2.05, 4.69) is 4.98 Å². The molecule has 0 saturated heterocycles. The highest BCUT2D eigenvalue weighted by Crippen LogP contribution is 2.25. The molecular formula is C14H13N3O3. The Kier molecular flexibility index (Phi) is 2.71. The summed E-state index contributed by atoms with van der Waals surface area (Å²) in [5, 5.41) is 9.50. The molecule has 0 aliphatic rings. The van der Waals surface area contributed by atoms with Gasteiger partial charge in [-0.05, 0) is 24.3 Å². The molecule has 0 atom stereocenters. The van der Waals surface area contributed by atoms with Crippen molar-refractivity contribution < 1.29 is 9.84 Å². The van der Waals surface area contributed by atoms with E-state index in [9.17, 15) is 9.90 Å². The summed E-state index contributed by atoms with van der Waals surface area (Å²) in [6, 6.07) is 8.47. The lowest BCUT2D eigenvalue weighted by atomic mass is 10.3. The molecule has 0 radical (unpaired) electrons. The summed E-state index contributed by atoms with van der Waals surface area (Å²) in [6.45, 7) is 0. The van der Waals surface area contributed by atoms with E-state index in [1.807, 2.05) is 0 Å². The van der Waals surface area contributed by atoms with Crippen LogP contribution < -0.4 is 10.3 Å². The molecule has 0 spiro atoms. The second kappa shape index (κ2) is 4.41. The Balaban J connectivity index is 2.09. The van der Waals surface area contributed by atoms with Crippen LogP contribution in [0.1, 0.15) is 0 Å². The number of ether oxygens (including phenoxy) is 1. The molecule has 3 aromatic rings. The van der Waals surface area contributed by atoms with Crippen LogP contribution in [0.5, 0.6) is 17.5 Å². The number of pyridine rings is 1. The molecule has 102 valence electrons. The topological polar surface area (TPSA) is 69.3 Å². The molecule has 0 bridgehead atoms. The van der Waals surface area contributed by atoms with Gasteiger partial charge in [-0.15, -0.1) is 0 Å². The average Bonchev–Trinajstić information content (AvgIpc) is 2.72. The van der Waals surface area contributed by atoms with Crippen molar-refractivity contribution in [1.82, 2.24) is 14.1 Å². The molecule has 0 amide bonds. The number of aromatic nitrogens is 3. The number of aryl methyl sites for hydroxylation is 2. The summed E-state index contributed by atoms with van der Waals surface area (Å²) >= 11 is 0. The van der Waals surface area contributed by atoms with E-state index in [-0.39, 0.29) is 17.1 Å². The van der Waals surface area contributed by atoms with Crippen LogP contribution in [0.15, 0.2) is 41.3 Å². The Labute approximate surface area is 114 Å². The van der Waals surface area contributed by atoms with Gasteiger partial charge in [0.1, 0.15) is 5.75 Å². The first kappa shape index (κ1) is 12.3. The van der Waals surface area contributed by atoms with Crippen LogP contribution in [0.4, 0.5) is 0 Å². The summed E-state index contributed by atoms with van der Waals surface area (Å²) in [6.07, 6.45) is 1.65. The molecule has 2 heterocycles. The lowest BCUT2D eigenvalue weighted by Crippen LogP contribution is -2.17. The van der Waals surface area contributed by atoms with Crippen molar-refractivity contribution in [3.63, 3.8) is 0 Å². The van der Waals surface area contributed by atoms with E-state index in [1.165, 1.54) is 4.57 Å². The van der Waals surface area contributed by atoms with Crippen molar-refractivity contribution >= 4 is 11.0 Å². The van der Waals surface area contributed by atoms with Gasteiger partial charge in [-0.25, -0.2) is 0 Å². The van der Waals surface area contributed by atoms with Gasteiger partial charge in [-0.2, -0.15) is 4.98 Å². The van der Waals surface area contributed by atoms with Crippen LogP contribution >= 0.6 is 0 Å². The lowest BCUT2D eigenvalue weighted by molar-refractivity contribution is 0.418. The number of benzene rings is 1. The average molecular weight is 271 g/mol. The Bertz CT molecular complexity index is 848. The number of aromatic hydroxyl groups is 1. The number of rotatable bonds is 2. The zero-order valence-corrected chi connectivity index (χ0v) is 11.1. The van der Waals surface area contributed by atoms with E-state index >= 15 is 0 Å². The number of imidazole rings is 1. The third-order valence-corrected chi connectivity index (χ3v) is 3.11. The minimum Gasteiger partial charge on any atom is -0.508 e. The molecule has 6 nitrogen and oxygen atoms in total. The highest BCUT2D eigenvalue weighted by Gasteiger charge is 2.12. The first-order valence-electron chi connectivity index (χ1n) is 6.05. The molecule has 0 unspecified atom stereocenters. The quantitative estimate of drug-likeness (QED) is 0.771. The number of phenolic OH excluding ortho intramolecular Hbond substituents is 1. The van der Waals surface area contributed by atoms with E-state index in [0.717, 1.165) is 5.52 Å². The zero-order valence-electron chi connectivity index (χ0n) is 11.1. The van der Waals surface area contributed by atoms with Gasteiger partial charge < -0.3 is 14.4 Å². The van der Waals surface area contributed by atoms with E-state index in [0.29, 0.717) is 11.5 Å². The van der Waals surface area contributed by atoms with Crippen LogP contribution in [0.2, 0.25) is 0 Å². The van der Waals surface area contributed by atoms with Gasteiger partial charge in [0.15, 0.2) is 5.75 Å². The maximum absolute atomic E-state index is 11.9. The molecule has 6 heteroatoms. The van der Waals surface area contributed by atoms with Crippen molar-refractivity contribution in [2.75, 3.05) is 0 Å². The Hall–Kier alpha value is -2.76. The Morgan fingerprint density at radius 2 is 2.05 bits per heavy atom. The zero-order chi connectivity index (χ0) is 14.3. The largest absolute Gasteiger partial charge is 0.508 e. The third kappa shape index (κ3) is 1.91. The van der Waals surface area contributed by atoms with Crippen LogP contribution in [-0.2, 0) is 14.1 Å². The second-order valence-electron chi connectivity index (χ2n) is 4.52. The summed E-state index contributed by atoms with van der Waals surface area (Å²) in [5.41, 5.74) is 1.18. The van der Waals surface area contributed by atoms with Gasteiger partial charge in [0.2, 0.25) is 0 Å². The molecule has 0 fully saturated rings. The predicted octanol–water partition coefficient (Wildman–Crippen LogP) is 1.77. The van der Waals surface area contributed by atoms with Crippen LogP contribution in [-0.4, -0.2) is 19.2 Å². The van der Waals surface area contributed by atoms with E-state index < -0.39 is 0 Å². The van der Waals surface area contributed by atoms with Gasteiger partial charge in [-0.3, -0.25) is 9.36 Å². The highest BCUT2D eigenvalue weighted by molar-refractivity contribution is 5.78. The van der Waals surface area contributed by atoms with Crippen molar-refractivity contribution in [3.8, 4) is 17.5 Å². The predicted molar refractivity (Wildman–Crippen MR) is 74.1 cm³/mol. The molecule has 0 aliphatic carbocycles. The second-order valence-corrected chi connectivity index (χ2v) is 4.52. The maximum atomic E-state index is 11.9. The first-order chi connectivity index (χ1) is 9.56. The lowest BCUT2D eigenvalue weighted by Gasteiger charge is -2.05. The fourth-order valence-electron chi connectivity index (χ4n) is 2.00. The fourth-order valence-corrected chi connectivity index (χ4v) is 2.00. The normalized spacial score (nSPS) is 10.9. The van der Waals surface area contributed by atoms with Crippen LogP contribution in [0.25, 0.3) is 11.0 Å². The monoisotopic (exact) mass is 271 g/mol. The summed E-state index contributed by atoms with van der Waals surface area (Å²) in [4.78, 5) is 16.2. The van der Waals surface area contributed by atoms with Gasteiger partial charge >= 0.3 is 6.01 Å². The third-order valence-electron chi connectivity index (χ3n) is 3.11.